The Hall–Kier alpha value is -3.68. The van der Waals surface area contributed by atoms with Crippen LogP contribution in [0.25, 0.3) is 11.4 Å². The van der Waals surface area contributed by atoms with Crippen LogP contribution >= 0.6 is 0 Å². The first-order chi connectivity index (χ1) is 16.3. The van der Waals surface area contributed by atoms with E-state index in [1.807, 2.05) is 32.9 Å². The van der Waals surface area contributed by atoms with Gasteiger partial charge >= 0.3 is 0 Å². The van der Waals surface area contributed by atoms with E-state index < -0.39 is 5.82 Å². The van der Waals surface area contributed by atoms with E-state index in [9.17, 15) is 4.39 Å². The maximum absolute atomic E-state index is 14.6. The van der Waals surface area contributed by atoms with Crippen molar-refractivity contribution in [3.05, 3.63) is 72.1 Å². The summed E-state index contributed by atoms with van der Waals surface area (Å²) in [5.41, 5.74) is 14.7. The minimum absolute atomic E-state index is 0.0561. The summed E-state index contributed by atoms with van der Waals surface area (Å²) in [4.78, 5) is 15.6. The second-order valence-electron chi connectivity index (χ2n) is 8.33. The van der Waals surface area contributed by atoms with Crippen LogP contribution in [0.5, 0.6) is 5.75 Å². The third-order valence-corrected chi connectivity index (χ3v) is 5.33. The molecule has 1 aliphatic heterocycles. The molecule has 2 heterocycles. The summed E-state index contributed by atoms with van der Waals surface area (Å²) in [6.45, 7) is 11.6. The van der Waals surface area contributed by atoms with E-state index in [4.69, 9.17) is 16.2 Å². The standard InChI is InChI=1S/C26H33FN6O/c1-5-10-23(33-13-8-7-9-14-33)22(6-2)31-25(29)24-21(28)16-30-26(32-24)19-15-18(34-17(3)4)11-12-20(19)27/h5-6,10-12,15-17H,2,7-9,13-14,28H2,1,3-4H3,(H2,29,31)/b10-5-,23-22-. The molecule has 34 heavy (non-hydrogen) atoms. The Labute approximate surface area is 200 Å². The number of aliphatic imine (C=N–C) groups is 1. The number of halogens is 1. The topological polar surface area (TPSA) is 103 Å². The van der Waals surface area contributed by atoms with Gasteiger partial charge in [-0.1, -0.05) is 12.7 Å². The Morgan fingerprint density at radius 3 is 2.65 bits per heavy atom. The van der Waals surface area contributed by atoms with Crippen LogP contribution in [0.1, 0.15) is 45.7 Å². The monoisotopic (exact) mass is 464 g/mol. The number of ether oxygens (including phenoxy) is 1. The molecule has 8 heteroatoms. The van der Waals surface area contributed by atoms with Crippen LogP contribution in [0, 0.1) is 5.82 Å². The molecule has 1 aliphatic rings. The van der Waals surface area contributed by atoms with Crippen LogP contribution in [0.4, 0.5) is 10.1 Å². The maximum atomic E-state index is 14.6. The van der Waals surface area contributed by atoms with Gasteiger partial charge in [0.15, 0.2) is 11.7 Å². The number of nitrogen functional groups attached to an aromatic ring is 1. The number of nitrogens with two attached hydrogens (primary N) is 2. The predicted octanol–water partition coefficient (Wildman–Crippen LogP) is 4.82. The lowest BCUT2D eigenvalue weighted by Gasteiger charge is -2.30. The van der Waals surface area contributed by atoms with E-state index in [1.54, 1.807) is 18.2 Å². The van der Waals surface area contributed by atoms with E-state index in [0.29, 0.717) is 11.4 Å². The number of hydrogen-bond acceptors (Lipinski definition) is 6. The first kappa shape index (κ1) is 25.0. The van der Waals surface area contributed by atoms with Crippen LogP contribution in [0.3, 0.4) is 0 Å². The lowest BCUT2D eigenvalue weighted by Crippen LogP contribution is -2.29. The van der Waals surface area contributed by atoms with Crippen molar-refractivity contribution in [1.82, 2.24) is 14.9 Å². The zero-order chi connectivity index (χ0) is 24.7. The van der Waals surface area contributed by atoms with Gasteiger partial charge in [0.1, 0.15) is 17.3 Å². The summed E-state index contributed by atoms with van der Waals surface area (Å²) in [6.07, 6.45) is 10.4. The number of likely N-dealkylation sites (tertiary alicyclic amines) is 1. The van der Waals surface area contributed by atoms with Crippen LogP contribution in [-0.4, -0.2) is 39.9 Å². The summed E-state index contributed by atoms with van der Waals surface area (Å²) < 4.78 is 20.3. The second kappa shape index (κ2) is 11.4. The molecule has 0 aliphatic carbocycles. The molecular weight excluding hydrogens is 431 g/mol. The van der Waals surface area contributed by atoms with Crippen molar-refractivity contribution in [1.29, 1.82) is 0 Å². The van der Waals surface area contributed by atoms with E-state index in [-0.39, 0.29) is 34.7 Å². The van der Waals surface area contributed by atoms with Gasteiger partial charge in [-0.3, -0.25) is 0 Å². The zero-order valence-electron chi connectivity index (χ0n) is 20.1. The van der Waals surface area contributed by atoms with E-state index >= 15 is 0 Å². The fourth-order valence-electron chi connectivity index (χ4n) is 3.78. The minimum Gasteiger partial charge on any atom is -0.491 e. The van der Waals surface area contributed by atoms with Crippen molar-refractivity contribution >= 4 is 11.5 Å². The SMILES string of the molecule is C=C/C(N=C(N)c1nc(-c2cc(OC(C)C)ccc2F)ncc1N)=C(\C=C/C)N1CCCCC1. The number of piperidine rings is 1. The third kappa shape index (κ3) is 6.01. The average Bonchev–Trinajstić information content (AvgIpc) is 2.83. The lowest BCUT2D eigenvalue weighted by molar-refractivity contribution is 0.242. The highest BCUT2D eigenvalue weighted by Gasteiger charge is 2.17. The molecule has 1 saturated heterocycles. The average molecular weight is 465 g/mol. The fourth-order valence-corrected chi connectivity index (χ4v) is 3.78. The number of allylic oxidation sites excluding steroid dienone is 3. The molecule has 1 fully saturated rings. The molecule has 0 saturated carbocycles. The number of anilines is 1. The Kier molecular flexibility index (Phi) is 8.40. The quantitative estimate of drug-likeness (QED) is 0.330. The van der Waals surface area contributed by atoms with Crippen molar-refractivity contribution in [2.75, 3.05) is 18.8 Å². The molecule has 3 rings (SSSR count). The molecule has 0 amide bonds. The predicted molar refractivity (Wildman–Crippen MR) is 136 cm³/mol. The van der Waals surface area contributed by atoms with Crippen molar-refractivity contribution < 1.29 is 9.13 Å². The molecule has 2 aromatic rings. The summed E-state index contributed by atoms with van der Waals surface area (Å²) in [5, 5.41) is 0. The van der Waals surface area contributed by atoms with Crippen molar-refractivity contribution in [3.8, 4) is 17.1 Å². The van der Waals surface area contributed by atoms with E-state index in [2.05, 4.69) is 26.4 Å². The normalized spacial score (nSPS) is 15.6. The number of aromatic nitrogens is 2. The Bertz CT molecular complexity index is 1120. The molecular formula is C26H33FN6O. The van der Waals surface area contributed by atoms with Gasteiger partial charge in [-0.05, 0) is 70.4 Å². The van der Waals surface area contributed by atoms with Gasteiger partial charge < -0.3 is 21.1 Å². The van der Waals surface area contributed by atoms with Gasteiger partial charge in [0, 0.05) is 13.1 Å². The highest BCUT2D eigenvalue weighted by atomic mass is 19.1. The molecule has 4 N–H and O–H groups in total. The fraction of sp³-hybridized carbons (Fsp3) is 0.346. The Morgan fingerprint density at radius 2 is 2.00 bits per heavy atom. The van der Waals surface area contributed by atoms with Gasteiger partial charge in [-0.25, -0.2) is 19.4 Å². The van der Waals surface area contributed by atoms with Gasteiger partial charge in [-0.15, -0.1) is 0 Å². The highest BCUT2D eigenvalue weighted by molar-refractivity contribution is 6.01. The van der Waals surface area contributed by atoms with Crippen LogP contribution in [0.2, 0.25) is 0 Å². The largest absolute Gasteiger partial charge is 0.491 e. The van der Waals surface area contributed by atoms with E-state index in [1.165, 1.54) is 18.7 Å². The number of nitrogens with zero attached hydrogens (tertiary/aromatic N) is 4. The van der Waals surface area contributed by atoms with Crippen molar-refractivity contribution in [2.24, 2.45) is 10.7 Å². The Morgan fingerprint density at radius 1 is 1.26 bits per heavy atom. The molecule has 0 spiro atoms. The highest BCUT2D eigenvalue weighted by Crippen LogP contribution is 2.27. The van der Waals surface area contributed by atoms with Gasteiger partial charge in [0.25, 0.3) is 0 Å². The minimum atomic E-state index is -0.477. The van der Waals surface area contributed by atoms with Gasteiger partial charge in [-0.2, -0.15) is 0 Å². The summed E-state index contributed by atoms with van der Waals surface area (Å²) in [5.74, 6) is 0.284. The summed E-state index contributed by atoms with van der Waals surface area (Å²) in [7, 11) is 0. The number of amidine groups is 1. The number of hydrogen-bond donors (Lipinski definition) is 2. The maximum Gasteiger partial charge on any atom is 0.163 e. The Balaban J connectivity index is 2.04. The van der Waals surface area contributed by atoms with Crippen molar-refractivity contribution in [3.63, 3.8) is 0 Å². The second-order valence-corrected chi connectivity index (χ2v) is 8.33. The van der Waals surface area contributed by atoms with Crippen LogP contribution in [0.15, 0.2) is 65.6 Å². The van der Waals surface area contributed by atoms with Crippen LogP contribution in [-0.2, 0) is 0 Å². The van der Waals surface area contributed by atoms with Gasteiger partial charge in [0.05, 0.1) is 34.9 Å². The molecule has 0 unspecified atom stereocenters. The molecule has 0 bridgehead atoms. The summed E-state index contributed by atoms with van der Waals surface area (Å²) >= 11 is 0. The number of benzene rings is 1. The van der Waals surface area contributed by atoms with Crippen molar-refractivity contribution in [2.45, 2.75) is 46.1 Å². The zero-order valence-corrected chi connectivity index (χ0v) is 20.1. The molecule has 0 atom stereocenters. The number of rotatable bonds is 8. The smallest absolute Gasteiger partial charge is 0.163 e. The van der Waals surface area contributed by atoms with E-state index in [0.717, 1.165) is 31.6 Å². The first-order valence-electron chi connectivity index (χ1n) is 11.5. The molecule has 1 aromatic heterocycles. The molecule has 0 radical (unpaired) electrons. The van der Waals surface area contributed by atoms with Crippen LogP contribution < -0.4 is 16.2 Å². The molecule has 180 valence electrons. The molecule has 7 nitrogen and oxygen atoms in total. The third-order valence-electron chi connectivity index (χ3n) is 5.33. The summed E-state index contributed by atoms with van der Waals surface area (Å²) in [6, 6.07) is 4.45. The first-order valence-corrected chi connectivity index (χ1v) is 11.5. The lowest BCUT2D eigenvalue weighted by atomic mass is 10.1. The van der Waals surface area contributed by atoms with Gasteiger partial charge in [0.2, 0.25) is 0 Å². The molecule has 1 aromatic carbocycles.